The van der Waals surface area contributed by atoms with Crippen molar-refractivity contribution < 1.29 is 4.79 Å². The minimum Gasteiger partial charge on any atom is -0.338 e. The van der Waals surface area contributed by atoms with E-state index in [2.05, 4.69) is 15.9 Å². The Bertz CT molecular complexity index is 416. The highest BCUT2D eigenvalue weighted by molar-refractivity contribution is 9.09. The van der Waals surface area contributed by atoms with E-state index in [-0.39, 0.29) is 5.91 Å². The van der Waals surface area contributed by atoms with Crippen molar-refractivity contribution in [1.82, 2.24) is 4.90 Å². The van der Waals surface area contributed by atoms with Gasteiger partial charge in [0.25, 0.3) is 0 Å². The van der Waals surface area contributed by atoms with E-state index in [9.17, 15) is 4.79 Å². The van der Waals surface area contributed by atoms with Crippen LogP contribution in [-0.2, 0) is 10.2 Å². The zero-order chi connectivity index (χ0) is 13.2. The Morgan fingerprint density at radius 3 is 2.67 bits per heavy atom. The van der Waals surface area contributed by atoms with E-state index >= 15 is 0 Å². The predicted molar refractivity (Wildman–Crippen MR) is 78.0 cm³/mol. The zero-order valence-corrected chi connectivity index (χ0v) is 12.6. The SMILES string of the molecule is CC(C)(C(=O)N1CCCC1CBr)c1ccccc1. The van der Waals surface area contributed by atoms with Crippen molar-refractivity contribution in [3.63, 3.8) is 0 Å². The molecule has 1 aromatic rings. The first-order chi connectivity index (χ1) is 8.57. The van der Waals surface area contributed by atoms with Gasteiger partial charge < -0.3 is 4.90 Å². The summed E-state index contributed by atoms with van der Waals surface area (Å²) < 4.78 is 0. The van der Waals surface area contributed by atoms with Gasteiger partial charge in [0.1, 0.15) is 0 Å². The molecule has 1 saturated heterocycles. The van der Waals surface area contributed by atoms with Gasteiger partial charge in [-0.3, -0.25) is 4.79 Å². The van der Waals surface area contributed by atoms with Crippen molar-refractivity contribution in [2.24, 2.45) is 0 Å². The van der Waals surface area contributed by atoms with Gasteiger partial charge >= 0.3 is 0 Å². The van der Waals surface area contributed by atoms with Crippen molar-refractivity contribution in [3.05, 3.63) is 35.9 Å². The van der Waals surface area contributed by atoms with E-state index in [1.165, 1.54) is 0 Å². The molecular formula is C15H20BrNO. The maximum atomic E-state index is 12.7. The number of rotatable bonds is 3. The molecule has 1 heterocycles. The summed E-state index contributed by atoms with van der Waals surface area (Å²) in [5.41, 5.74) is 0.654. The topological polar surface area (TPSA) is 20.3 Å². The summed E-state index contributed by atoms with van der Waals surface area (Å²) in [6.07, 6.45) is 2.23. The van der Waals surface area contributed by atoms with Crippen molar-refractivity contribution >= 4 is 21.8 Å². The summed E-state index contributed by atoms with van der Waals surface area (Å²) in [6.45, 7) is 4.94. The van der Waals surface area contributed by atoms with Gasteiger partial charge in [-0.2, -0.15) is 0 Å². The summed E-state index contributed by atoms with van der Waals surface area (Å²) in [7, 11) is 0. The van der Waals surface area contributed by atoms with Crippen LogP contribution in [0.3, 0.4) is 0 Å². The van der Waals surface area contributed by atoms with Crippen LogP contribution in [-0.4, -0.2) is 28.7 Å². The van der Waals surface area contributed by atoms with Crippen LogP contribution in [0.1, 0.15) is 32.3 Å². The van der Waals surface area contributed by atoms with Gasteiger partial charge in [0.2, 0.25) is 5.91 Å². The standard InChI is InChI=1S/C15H20BrNO/c1-15(2,12-7-4-3-5-8-12)14(18)17-10-6-9-13(17)11-16/h3-5,7-8,13H,6,9-11H2,1-2H3. The Kier molecular flexibility index (Phi) is 4.10. The van der Waals surface area contributed by atoms with Crippen molar-refractivity contribution in [2.75, 3.05) is 11.9 Å². The maximum Gasteiger partial charge on any atom is 0.232 e. The fourth-order valence-corrected chi connectivity index (χ4v) is 3.27. The van der Waals surface area contributed by atoms with Gasteiger partial charge in [-0.1, -0.05) is 46.3 Å². The Hall–Kier alpha value is -0.830. The van der Waals surface area contributed by atoms with E-state index in [0.717, 1.165) is 30.3 Å². The van der Waals surface area contributed by atoms with E-state index in [1.807, 2.05) is 49.1 Å². The molecule has 0 saturated carbocycles. The van der Waals surface area contributed by atoms with Crippen LogP contribution in [0.15, 0.2) is 30.3 Å². The quantitative estimate of drug-likeness (QED) is 0.784. The molecule has 0 aliphatic carbocycles. The second kappa shape index (κ2) is 5.43. The number of carbonyl (C=O) groups excluding carboxylic acids is 1. The lowest BCUT2D eigenvalue weighted by Gasteiger charge is -2.33. The Labute approximate surface area is 117 Å². The molecule has 0 N–H and O–H groups in total. The van der Waals surface area contributed by atoms with Crippen LogP contribution in [0, 0.1) is 0 Å². The van der Waals surface area contributed by atoms with Gasteiger partial charge in [-0.05, 0) is 32.3 Å². The van der Waals surface area contributed by atoms with E-state index in [0.29, 0.717) is 6.04 Å². The molecule has 0 radical (unpaired) electrons. The van der Waals surface area contributed by atoms with Crippen LogP contribution >= 0.6 is 15.9 Å². The fourth-order valence-electron chi connectivity index (χ4n) is 2.60. The molecule has 98 valence electrons. The third-order valence-electron chi connectivity index (χ3n) is 3.85. The normalized spacial score (nSPS) is 20.2. The maximum absolute atomic E-state index is 12.7. The molecule has 2 rings (SSSR count). The summed E-state index contributed by atoms with van der Waals surface area (Å²) in [5, 5.41) is 0.879. The highest BCUT2D eigenvalue weighted by Crippen LogP contribution is 2.30. The van der Waals surface area contributed by atoms with E-state index in [1.54, 1.807) is 0 Å². The second-order valence-electron chi connectivity index (χ2n) is 5.44. The third-order valence-corrected chi connectivity index (χ3v) is 4.59. The lowest BCUT2D eigenvalue weighted by molar-refractivity contribution is -0.136. The first-order valence-electron chi connectivity index (χ1n) is 6.50. The van der Waals surface area contributed by atoms with Gasteiger partial charge in [-0.15, -0.1) is 0 Å². The van der Waals surface area contributed by atoms with Gasteiger partial charge in [0, 0.05) is 17.9 Å². The number of benzene rings is 1. The predicted octanol–water partition coefficient (Wildman–Crippen LogP) is 3.35. The minimum atomic E-state index is -0.438. The number of carbonyl (C=O) groups is 1. The average Bonchev–Trinajstić information content (AvgIpc) is 2.87. The van der Waals surface area contributed by atoms with Crippen LogP contribution in [0.25, 0.3) is 0 Å². The van der Waals surface area contributed by atoms with Crippen LogP contribution in [0.5, 0.6) is 0 Å². The number of likely N-dealkylation sites (tertiary alicyclic amines) is 1. The van der Waals surface area contributed by atoms with Gasteiger partial charge in [0.05, 0.1) is 5.41 Å². The Morgan fingerprint density at radius 2 is 2.06 bits per heavy atom. The Morgan fingerprint density at radius 1 is 1.39 bits per heavy atom. The molecule has 0 aromatic heterocycles. The van der Waals surface area contributed by atoms with Gasteiger partial charge in [0.15, 0.2) is 0 Å². The monoisotopic (exact) mass is 309 g/mol. The van der Waals surface area contributed by atoms with E-state index in [4.69, 9.17) is 0 Å². The lowest BCUT2D eigenvalue weighted by Crippen LogP contribution is -2.46. The molecule has 1 aliphatic rings. The van der Waals surface area contributed by atoms with Crippen LogP contribution in [0.4, 0.5) is 0 Å². The highest BCUT2D eigenvalue weighted by Gasteiger charge is 2.38. The molecule has 0 bridgehead atoms. The van der Waals surface area contributed by atoms with Gasteiger partial charge in [-0.25, -0.2) is 0 Å². The summed E-state index contributed by atoms with van der Waals surface area (Å²) in [6, 6.07) is 10.4. The largest absolute Gasteiger partial charge is 0.338 e. The summed E-state index contributed by atoms with van der Waals surface area (Å²) in [4.78, 5) is 14.8. The van der Waals surface area contributed by atoms with Crippen molar-refractivity contribution in [1.29, 1.82) is 0 Å². The number of nitrogens with zero attached hydrogens (tertiary/aromatic N) is 1. The molecular weight excluding hydrogens is 290 g/mol. The molecule has 1 atom stereocenters. The van der Waals surface area contributed by atoms with Crippen LogP contribution < -0.4 is 0 Å². The molecule has 1 amide bonds. The zero-order valence-electron chi connectivity index (χ0n) is 11.0. The number of halogens is 1. The molecule has 2 nitrogen and oxygen atoms in total. The number of alkyl halides is 1. The Balaban J connectivity index is 2.22. The minimum absolute atomic E-state index is 0.246. The van der Waals surface area contributed by atoms with Crippen molar-refractivity contribution in [3.8, 4) is 0 Å². The molecule has 3 heteroatoms. The highest BCUT2D eigenvalue weighted by atomic mass is 79.9. The first-order valence-corrected chi connectivity index (χ1v) is 7.62. The third kappa shape index (κ3) is 2.46. The summed E-state index contributed by atoms with van der Waals surface area (Å²) >= 11 is 3.51. The average molecular weight is 310 g/mol. The van der Waals surface area contributed by atoms with E-state index < -0.39 is 5.41 Å². The van der Waals surface area contributed by atoms with Crippen molar-refractivity contribution in [2.45, 2.75) is 38.1 Å². The van der Waals surface area contributed by atoms with Crippen LogP contribution in [0.2, 0.25) is 0 Å². The fraction of sp³-hybridized carbons (Fsp3) is 0.533. The number of amides is 1. The molecule has 1 aromatic carbocycles. The second-order valence-corrected chi connectivity index (χ2v) is 6.09. The number of hydrogen-bond donors (Lipinski definition) is 0. The first kappa shape index (κ1) is 13.6. The smallest absolute Gasteiger partial charge is 0.232 e. The molecule has 1 unspecified atom stereocenters. The molecule has 1 aliphatic heterocycles. The molecule has 18 heavy (non-hydrogen) atoms. The molecule has 0 spiro atoms. The lowest BCUT2D eigenvalue weighted by atomic mass is 9.83. The molecule has 1 fully saturated rings. The summed E-state index contributed by atoms with van der Waals surface area (Å²) in [5.74, 6) is 0.246. The number of hydrogen-bond acceptors (Lipinski definition) is 1.